The van der Waals surface area contributed by atoms with E-state index in [1.807, 2.05) is 12.1 Å². The Kier molecular flexibility index (Phi) is 4.88. The number of carbonyl (C=O) groups excluding carboxylic acids is 1. The number of rotatable bonds is 6. The number of benzene rings is 2. The van der Waals surface area contributed by atoms with E-state index < -0.39 is 5.97 Å². The smallest absolute Gasteiger partial charge is 0.341 e. The van der Waals surface area contributed by atoms with Crippen molar-refractivity contribution in [3.05, 3.63) is 42.5 Å². The molecule has 2 aromatic carbocycles. The van der Waals surface area contributed by atoms with E-state index in [4.69, 9.17) is 18.9 Å². The average molecular weight is 302 g/mol. The zero-order valence-corrected chi connectivity index (χ0v) is 12.8. The van der Waals surface area contributed by atoms with Crippen LogP contribution >= 0.6 is 0 Å². The van der Waals surface area contributed by atoms with Gasteiger partial charge in [-0.15, -0.1) is 0 Å². The predicted molar refractivity (Wildman–Crippen MR) is 84.1 cm³/mol. The molecule has 0 amide bonds. The van der Waals surface area contributed by atoms with Crippen molar-refractivity contribution >= 4 is 16.7 Å². The molecule has 0 aliphatic carbocycles. The highest BCUT2D eigenvalue weighted by Gasteiger charge is 2.22. The Labute approximate surface area is 129 Å². The molecular formula is C17H18O5. The number of ether oxygens (including phenoxy) is 4. The summed E-state index contributed by atoms with van der Waals surface area (Å²) in [5, 5.41) is 1.44. The second-order valence-electron chi connectivity index (χ2n) is 4.43. The summed E-state index contributed by atoms with van der Waals surface area (Å²) in [4.78, 5) is 12.0. The lowest BCUT2D eigenvalue weighted by Gasteiger charge is -2.16. The Morgan fingerprint density at radius 3 is 2.55 bits per heavy atom. The van der Waals surface area contributed by atoms with E-state index in [2.05, 4.69) is 6.58 Å². The number of fused-ring (bicyclic) bond motifs is 1. The first-order chi connectivity index (χ1) is 10.7. The molecule has 0 radical (unpaired) electrons. The lowest BCUT2D eigenvalue weighted by atomic mass is 10.0. The fourth-order valence-electron chi connectivity index (χ4n) is 2.29. The molecule has 116 valence electrons. The summed E-state index contributed by atoms with van der Waals surface area (Å²) in [6.07, 6.45) is 1.63. The molecule has 0 aliphatic heterocycles. The maximum absolute atomic E-state index is 12.0. The maximum Gasteiger partial charge on any atom is 0.341 e. The van der Waals surface area contributed by atoms with Gasteiger partial charge in [0.25, 0.3) is 0 Å². The van der Waals surface area contributed by atoms with Crippen LogP contribution in [0.1, 0.15) is 10.4 Å². The number of esters is 1. The molecule has 0 unspecified atom stereocenters. The monoisotopic (exact) mass is 302 g/mol. The zero-order valence-electron chi connectivity index (χ0n) is 12.8. The molecule has 5 heteroatoms. The number of hydrogen-bond donors (Lipinski definition) is 0. The number of carbonyl (C=O) groups is 1. The van der Waals surface area contributed by atoms with Crippen LogP contribution in [0, 0.1) is 0 Å². The molecule has 22 heavy (non-hydrogen) atoms. The minimum Gasteiger partial charge on any atom is -0.496 e. The van der Waals surface area contributed by atoms with E-state index >= 15 is 0 Å². The van der Waals surface area contributed by atoms with Gasteiger partial charge in [0, 0.05) is 5.39 Å². The van der Waals surface area contributed by atoms with Crippen LogP contribution < -0.4 is 14.2 Å². The molecule has 0 saturated heterocycles. The first-order valence-corrected chi connectivity index (χ1v) is 6.67. The zero-order chi connectivity index (χ0) is 16.1. The van der Waals surface area contributed by atoms with Crippen molar-refractivity contribution in [3.63, 3.8) is 0 Å². The van der Waals surface area contributed by atoms with Gasteiger partial charge in [-0.3, -0.25) is 0 Å². The highest BCUT2D eigenvalue weighted by atomic mass is 16.5. The van der Waals surface area contributed by atoms with Crippen LogP contribution in [0.4, 0.5) is 0 Å². The van der Waals surface area contributed by atoms with Crippen molar-refractivity contribution in [1.82, 2.24) is 0 Å². The summed E-state index contributed by atoms with van der Waals surface area (Å²) in [7, 11) is 4.37. The van der Waals surface area contributed by atoms with Crippen LogP contribution in [0.25, 0.3) is 10.8 Å². The minimum atomic E-state index is -0.506. The fraction of sp³-hybridized carbons (Fsp3) is 0.235. The van der Waals surface area contributed by atoms with Gasteiger partial charge < -0.3 is 18.9 Å². The van der Waals surface area contributed by atoms with Crippen LogP contribution in [0.2, 0.25) is 0 Å². The van der Waals surface area contributed by atoms with E-state index in [0.717, 1.165) is 5.39 Å². The van der Waals surface area contributed by atoms with E-state index in [1.54, 1.807) is 25.3 Å². The van der Waals surface area contributed by atoms with Crippen molar-refractivity contribution < 1.29 is 23.7 Å². The highest BCUT2D eigenvalue weighted by Crippen LogP contribution is 2.42. The summed E-state index contributed by atoms with van der Waals surface area (Å²) in [5.41, 5.74) is 0.279. The van der Waals surface area contributed by atoms with Crippen LogP contribution in [-0.4, -0.2) is 33.9 Å². The SMILES string of the molecule is C=CCOc1cc(C(=O)OC)c(OC)c2c(OC)cccc12. The van der Waals surface area contributed by atoms with E-state index in [9.17, 15) is 4.79 Å². The summed E-state index contributed by atoms with van der Waals surface area (Å²) in [6, 6.07) is 7.12. The topological polar surface area (TPSA) is 54.0 Å². The number of methoxy groups -OCH3 is 3. The Hall–Kier alpha value is -2.69. The van der Waals surface area contributed by atoms with Gasteiger partial charge in [-0.25, -0.2) is 4.79 Å². The summed E-state index contributed by atoms with van der Waals surface area (Å²) < 4.78 is 21.3. The molecule has 0 atom stereocenters. The van der Waals surface area contributed by atoms with Gasteiger partial charge in [-0.1, -0.05) is 24.8 Å². The second kappa shape index (κ2) is 6.85. The third-order valence-electron chi connectivity index (χ3n) is 3.22. The first-order valence-electron chi connectivity index (χ1n) is 6.67. The van der Waals surface area contributed by atoms with Gasteiger partial charge in [0.05, 0.1) is 26.7 Å². The van der Waals surface area contributed by atoms with Gasteiger partial charge in [-0.2, -0.15) is 0 Å². The summed E-state index contributed by atoms with van der Waals surface area (Å²) in [5.74, 6) is 1.01. The molecule has 0 aromatic heterocycles. The minimum absolute atomic E-state index is 0.279. The Bertz CT molecular complexity index is 706. The third-order valence-corrected chi connectivity index (χ3v) is 3.22. The molecule has 0 saturated carbocycles. The average Bonchev–Trinajstić information content (AvgIpc) is 2.57. The third kappa shape index (κ3) is 2.70. The van der Waals surface area contributed by atoms with Crippen molar-refractivity contribution in [3.8, 4) is 17.2 Å². The summed E-state index contributed by atoms with van der Waals surface area (Å²) >= 11 is 0. The molecule has 0 bridgehead atoms. The van der Waals surface area contributed by atoms with Gasteiger partial charge in [-0.05, 0) is 12.1 Å². The van der Waals surface area contributed by atoms with Crippen LogP contribution in [0.3, 0.4) is 0 Å². The molecule has 0 spiro atoms. The summed E-state index contributed by atoms with van der Waals surface area (Å²) in [6.45, 7) is 3.95. The predicted octanol–water partition coefficient (Wildman–Crippen LogP) is 3.21. The highest BCUT2D eigenvalue weighted by molar-refractivity contribution is 6.06. The molecule has 2 rings (SSSR count). The standard InChI is InChI=1S/C17H18O5/c1-5-9-22-14-10-12(17(18)21-4)16(20-3)15-11(14)7-6-8-13(15)19-2/h5-8,10H,1,9H2,2-4H3. The van der Waals surface area contributed by atoms with Gasteiger partial charge in [0.15, 0.2) is 0 Å². The Morgan fingerprint density at radius 2 is 1.95 bits per heavy atom. The van der Waals surface area contributed by atoms with Crippen molar-refractivity contribution in [1.29, 1.82) is 0 Å². The quantitative estimate of drug-likeness (QED) is 0.606. The molecule has 0 N–H and O–H groups in total. The molecule has 5 nitrogen and oxygen atoms in total. The van der Waals surface area contributed by atoms with E-state index in [0.29, 0.717) is 29.2 Å². The first kappa shape index (κ1) is 15.7. The fourth-order valence-corrected chi connectivity index (χ4v) is 2.29. The van der Waals surface area contributed by atoms with Gasteiger partial charge >= 0.3 is 5.97 Å². The van der Waals surface area contributed by atoms with Crippen LogP contribution in [0.5, 0.6) is 17.2 Å². The largest absolute Gasteiger partial charge is 0.496 e. The lowest BCUT2D eigenvalue weighted by Crippen LogP contribution is -2.06. The van der Waals surface area contributed by atoms with Gasteiger partial charge in [0.1, 0.15) is 29.4 Å². The van der Waals surface area contributed by atoms with Gasteiger partial charge in [0.2, 0.25) is 0 Å². The molecular weight excluding hydrogens is 284 g/mol. The van der Waals surface area contributed by atoms with Crippen molar-refractivity contribution in [2.24, 2.45) is 0 Å². The lowest BCUT2D eigenvalue weighted by molar-refractivity contribution is 0.0597. The van der Waals surface area contributed by atoms with E-state index in [1.165, 1.54) is 14.2 Å². The maximum atomic E-state index is 12.0. The van der Waals surface area contributed by atoms with E-state index in [-0.39, 0.29) is 5.56 Å². The van der Waals surface area contributed by atoms with Crippen LogP contribution in [0.15, 0.2) is 36.9 Å². The Balaban J connectivity index is 2.84. The molecule has 2 aromatic rings. The van der Waals surface area contributed by atoms with Crippen LogP contribution in [-0.2, 0) is 4.74 Å². The molecule has 0 fully saturated rings. The molecule has 0 heterocycles. The van der Waals surface area contributed by atoms with Crippen molar-refractivity contribution in [2.45, 2.75) is 0 Å². The van der Waals surface area contributed by atoms with Crippen molar-refractivity contribution in [2.75, 3.05) is 27.9 Å². The Morgan fingerprint density at radius 1 is 1.18 bits per heavy atom. The number of hydrogen-bond acceptors (Lipinski definition) is 5. The molecule has 0 aliphatic rings. The second-order valence-corrected chi connectivity index (χ2v) is 4.43. The normalized spacial score (nSPS) is 10.1.